The lowest BCUT2D eigenvalue weighted by Gasteiger charge is -2.12. The quantitative estimate of drug-likeness (QED) is 0.766. The van der Waals surface area contributed by atoms with Gasteiger partial charge in [0.05, 0.1) is 12.5 Å². The van der Waals surface area contributed by atoms with E-state index in [2.05, 4.69) is 6.92 Å². The van der Waals surface area contributed by atoms with Gasteiger partial charge in [-0.3, -0.25) is 0 Å². The molecule has 0 saturated carbocycles. The molecule has 112 valence electrons. The average Bonchev–Trinajstić information content (AvgIpc) is 2.52. The number of phenolic OH excluding ortho intramolecular Hbond substituents is 1. The van der Waals surface area contributed by atoms with Gasteiger partial charge in [-0.2, -0.15) is 0 Å². The number of benzene rings is 2. The van der Waals surface area contributed by atoms with Crippen molar-refractivity contribution in [1.29, 1.82) is 0 Å². The second-order valence-electron chi connectivity index (χ2n) is 4.71. The maximum Gasteiger partial charge on any atom is 0.127 e. The topological polar surface area (TPSA) is 38.7 Å². The molecular weight excluding hydrogens is 288 g/mol. The van der Waals surface area contributed by atoms with Crippen molar-refractivity contribution in [2.24, 2.45) is 0 Å². The van der Waals surface area contributed by atoms with Gasteiger partial charge in [0.25, 0.3) is 0 Å². The van der Waals surface area contributed by atoms with Crippen molar-refractivity contribution in [2.45, 2.75) is 25.8 Å². The number of alkyl halides is 1. The lowest BCUT2D eigenvalue weighted by atomic mass is 10.2. The van der Waals surface area contributed by atoms with Gasteiger partial charge in [-0.25, -0.2) is 0 Å². The first kappa shape index (κ1) is 15.5. The minimum atomic E-state index is 0.246. The zero-order valence-electron chi connectivity index (χ0n) is 12.0. The largest absolute Gasteiger partial charge is 0.508 e. The molecule has 2 aromatic rings. The van der Waals surface area contributed by atoms with E-state index in [0.29, 0.717) is 19.1 Å². The molecule has 0 radical (unpaired) electrons. The molecule has 0 saturated heterocycles. The standard InChI is InChI=1S/C17H19ClO3/c1-2-9-20-16-8-5-14(11-18)17(10-16)21-12-13-3-6-15(19)7-4-13/h3-8,10,19H,2,9,11-12H2,1H3. The summed E-state index contributed by atoms with van der Waals surface area (Å²) in [6, 6.07) is 12.6. The predicted molar refractivity (Wildman–Crippen MR) is 84.2 cm³/mol. The molecule has 0 bridgehead atoms. The van der Waals surface area contributed by atoms with E-state index in [1.54, 1.807) is 12.1 Å². The van der Waals surface area contributed by atoms with E-state index in [-0.39, 0.29) is 5.75 Å². The third-order valence-corrected chi connectivity index (χ3v) is 3.27. The highest BCUT2D eigenvalue weighted by atomic mass is 35.5. The van der Waals surface area contributed by atoms with Gasteiger partial charge in [0.2, 0.25) is 0 Å². The maximum atomic E-state index is 9.27. The van der Waals surface area contributed by atoms with Crippen LogP contribution in [0, 0.1) is 0 Å². The van der Waals surface area contributed by atoms with Gasteiger partial charge in [-0.05, 0) is 30.2 Å². The molecule has 0 aliphatic heterocycles. The Hall–Kier alpha value is -1.87. The average molecular weight is 307 g/mol. The fourth-order valence-corrected chi connectivity index (χ4v) is 2.06. The van der Waals surface area contributed by atoms with E-state index in [4.69, 9.17) is 21.1 Å². The fourth-order valence-electron chi connectivity index (χ4n) is 1.84. The van der Waals surface area contributed by atoms with Gasteiger partial charge in [0.15, 0.2) is 0 Å². The third kappa shape index (κ3) is 4.57. The second-order valence-corrected chi connectivity index (χ2v) is 4.97. The minimum Gasteiger partial charge on any atom is -0.508 e. The maximum absolute atomic E-state index is 9.27. The molecule has 21 heavy (non-hydrogen) atoms. The fraction of sp³-hybridized carbons (Fsp3) is 0.294. The van der Waals surface area contributed by atoms with Crippen molar-refractivity contribution < 1.29 is 14.6 Å². The van der Waals surface area contributed by atoms with Crippen LogP contribution < -0.4 is 9.47 Å². The van der Waals surface area contributed by atoms with Gasteiger partial charge in [-0.1, -0.05) is 25.1 Å². The van der Waals surface area contributed by atoms with Gasteiger partial charge >= 0.3 is 0 Å². The molecule has 0 heterocycles. The lowest BCUT2D eigenvalue weighted by molar-refractivity contribution is 0.293. The molecular formula is C17H19ClO3. The smallest absolute Gasteiger partial charge is 0.127 e. The number of hydrogen-bond acceptors (Lipinski definition) is 3. The summed E-state index contributed by atoms with van der Waals surface area (Å²) in [7, 11) is 0. The molecule has 2 rings (SSSR count). The Morgan fingerprint density at radius 3 is 2.48 bits per heavy atom. The SMILES string of the molecule is CCCOc1ccc(CCl)c(OCc2ccc(O)cc2)c1. The minimum absolute atomic E-state index is 0.246. The monoisotopic (exact) mass is 306 g/mol. The Morgan fingerprint density at radius 1 is 1.05 bits per heavy atom. The van der Waals surface area contributed by atoms with E-state index in [1.165, 1.54) is 0 Å². The normalized spacial score (nSPS) is 10.4. The summed E-state index contributed by atoms with van der Waals surface area (Å²) in [6.45, 7) is 3.16. The summed E-state index contributed by atoms with van der Waals surface area (Å²) in [5.41, 5.74) is 1.91. The van der Waals surface area contributed by atoms with Crippen LogP contribution in [0.4, 0.5) is 0 Å². The number of ether oxygens (including phenoxy) is 2. The Balaban J connectivity index is 2.07. The van der Waals surface area contributed by atoms with Crippen LogP contribution in [0.25, 0.3) is 0 Å². The highest BCUT2D eigenvalue weighted by molar-refractivity contribution is 6.17. The number of hydrogen-bond donors (Lipinski definition) is 1. The third-order valence-electron chi connectivity index (χ3n) is 2.99. The molecule has 0 unspecified atom stereocenters. The molecule has 0 atom stereocenters. The molecule has 0 aliphatic carbocycles. The highest BCUT2D eigenvalue weighted by Crippen LogP contribution is 2.27. The number of aromatic hydroxyl groups is 1. The molecule has 0 aromatic heterocycles. The van der Waals surface area contributed by atoms with Crippen LogP contribution in [0.5, 0.6) is 17.2 Å². The van der Waals surface area contributed by atoms with Crippen molar-refractivity contribution in [3.63, 3.8) is 0 Å². The van der Waals surface area contributed by atoms with Crippen LogP contribution in [-0.2, 0) is 12.5 Å². The van der Waals surface area contributed by atoms with Gasteiger partial charge < -0.3 is 14.6 Å². The predicted octanol–water partition coefficient (Wildman–Crippen LogP) is 4.50. The summed E-state index contributed by atoms with van der Waals surface area (Å²) in [6.07, 6.45) is 0.959. The Labute approximate surface area is 130 Å². The van der Waals surface area contributed by atoms with E-state index < -0.39 is 0 Å². The summed E-state index contributed by atoms with van der Waals surface area (Å²) >= 11 is 5.94. The molecule has 0 aliphatic rings. The van der Waals surface area contributed by atoms with E-state index >= 15 is 0 Å². The van der Waals surface area contributed by atoms with Crippen molar-refractivity contribution in [3.05, 3.63) is 53.6 Å². The summed E-state index contributed by atoms with van der Waals surface area (Å²) in [5, 5.41) is 9.27. The molecule has 0 amide bonds. The zero-order valence-corrected chi connectivity index (χ0v) is 12.8. The second kappa shape index (κ2) is 7.79. The van der Waals surface area contributed by atoms with Crippen LogP contribution in [0.3, 0.4) is 0 Å². The molecule has 0 fully saturated rings. The molecule has 2 aromatic carbocycles. The number of rotatable bonds is 7. The van der Waals surface area contributed by atoms with E-state index in [1.807, 2.05) is 30.3 Å². The molecule has 1 N–H and O–H groups in total. The van der Waals surface area contributed by atoms with Crippen LogP contribution >= 0.6 is 11.6 Å². The van der Waals surface area contributed by atoms with Gasteiger partial charge in [0.1, 0.15) is 23.9 Å². The van der Waals surface area contributed by atoms with Crippen LogP contribution in [-0.4, -0.2) is 11.7 Å². The summed E-state index contributed by atoms with van der Waals surface area (Å²) in [5.74, 6) is 2.15. The summed E-state index contributed by atoms with van der Waals surface area (Å²) < 4.78 is 11.4. The first-order chi connectivity index (χ1) is 10.2. The van der Waals surface area contributed by atoms with E-state index in [0.717, 1.165) is 29.0 Å². The Bertz CT molecular complexity index is 567. The molecule has 3 nitrogen and oxygen atoms in total. The van der Waals surface area contributed by atoms with Crippen LogP contribution in [0.2, 0.25) is 0 Å². The van der Waals surface area contributed by atoms with Gasteiger partial charge in [-0.15, -0.1) is 11.6 Å². The first-order valence-corrected chi connectivity index (χ1v) is 7.48. The number of halogens is 1. The van der Waals surface area contributed by atoms with E-state index in [9.17, 15) is 5.11 Å². The highest BCUT2D eigenvalue weighted by Gasteiger charge is 2.06. The number of phenols is 1. The van der Waals surface area contributed by atoms with Crippen molar-refractivity contribution in [3.8, 4) is 17.2 Å². The van der Waals surface area contributed by atoms with Crippen LogP contribution in [0.15, 0.2) is 42.5 Å². The van der Waals surface area contributed by atoms with Crippen LogP contribution in [0.1, 0.15) is 24.5 Å². The molecule has 0 spiro atoms. The van der Waals surface area contributed by atoms with Crippen molar-refractivity contribution in [1.82, 2.24) is 0 Å². The Kier molecular flexibility index (Phi) is 5.76. The Morgan fingerprint density at radius 2 is 1.81 bits per heavy atom. The van der Waals surface area contributed by atoms with Crippen molar-refractivity contribution >= 4 is 11.6 Å². The van der Waals surface area contributed by atoms with Gasteiger partial charge in [0, 0.05) is 11.6 Å². The molecule has 4 heteroatoms. The van der Waals surface area contributed by atoms with Crippen molar-refractivity contribution in [2.75, 3.05) is 6.61 Å². The summed E-state index contributed by atoms with van der Waals surface area (Å²) in [4.78, 5) is 0. The zero-order chi connectivity index (χ0) is 15.1. The first-order valence-electron chi connectivity index (χ1n) is 6.95. The lowest BCUT2D eigenvalue weighted by Crippen LogP contribution is -2.00.